The number of rotatable bonds is 6. The molecular formula is C19H19N3O. The molecule has 0 unspecified atom stereocenters. The predicted molar refractivity (Wildman–Crippen MR) is 90.6 cm³/mol. The van der Waals surface area contributed by atoms with Gasteiger partial charge >= 0.3 is 0 Å². The Morgan fingerprint density at radius 1 is 1.09 bits per heavy atom. The molecule has 0 saturated heterocycles. The molecule has 0 aliphatic carbocycles. The highest BCUT2D eigenvalue weighted by atomic mass is 16.1. The van der Waals surface area contributed by atoms with Gasteiger partial charge in [-0.1, -0.05) is 36.4 Å². The van der Waals surface area contributed by atoms with Crippen molar-refractivity contribution >= 4 is 5.78 Å². The Morgan fingerprint density at radius 2 is 1.96 bits per heavy atom. The lowest BCUT2D eigenvalue weighted by atomic mass is 10.1. The highest BCUT2D eigenvalue weighted by molar-refractivity contribution is 5.94. The van der Waals surface area contributed by atoms with E-state index in [2.05, 4.69) is 22.5 Å². The molecule has 0 radical (unpaired) electrons. The van der Waals surface area contributed by atoms with Crippen LogP contribution in [0.15, 0.2) is 67.0 Å². The molecule has 0 amide bonds. The van der Waals surface area contributed by atoms with E-state index in [1.54, 1.807) is 13.1 Å². The Kier molecular flexibility index (Phi) is 4.64. The summed E-state index contributed by atoms with van der Waals surface area (Å²) < 4.78 is 1.87. The number of aromatic nitrogens is 2. The molecule has 2 aromatic carbocycles. The van der Waals surface area contributed by atoms with Crippen molar-refractivity contribution in [3.05, 3.63) is 83.7 Å². The number of nitrogens with zero attached hydrogens (tertiary/aromatic N) is 2. The van der Waals surface area contributed by atoms with Crippen LogP contribution in [-0.4, -0.2) is 15.6 Å². The lowest BCUT2D eigenvalue weighted by Gasteiger charge is -2.11. The van der Waals surface area contributed by atoms with Crippen LogP contribution in [0, 0.1) is 0 Å². The maximum atomic E-state index is 11.4. The number of hydrogen-bond acceptors (Lipinski definition) is 3. The summed E-state index contributed by atoms with van der Waals surface area (Å²) in [5.41, 5.74) is 4.11. The van der Waals surface area contributed by atoms with Crippen molar-refractivity contribution in [2.24, 2.45) is 0 Å². The molecule has 4 heteroatoms. The smallest absolute Gasteiger partial charge is 0.159 e. The molecule has 1 N–H and O–H groups in total. The molecule has 1 aromatic heterocycles. The number of carbonyl (C=O) groups is 1. The van der Waals surface area contributed by atoms with E-state index in [0.29, 0.717) is 6.54 Å². The van der Waals surface area contributed by atoms with Crippen LogP contribution in [0.2, 0.25) is 0 Å². The average Bonchev–Trinajstić information content (AvgIpc) is 3.10. The van der Waals surface area contributed by atoms with Crippen molar-refractivity contribution in [2.45, 2.75) is 20.0 Å². The summed E-state index contributed by atoms with van der Waals surface area (Å²) in [6.45, 7) is 3.04. The lowest BCUT2D eigenvalue weighted by Crippen LogP contribution is -2.15. The molecule has 0 aliphatic heterocycles. The molecular weight excluding hydrogens is 286 g/mol. The van der Waals surface area contributed by atoms with Gasteiger partial charge in [-0.05, 0) is 36.2 Å². The Labute approximate surface area is 135 Å². The second-order valence-electron chi connectivity index (χ2n) is 5.44. The van der Waals surface area contributed by atoms with Crippen molar-refractivity contribution in [1.82, 2.24) is 15.1 Å². The molecule has 0 saturated carbocycles. The lowest BCUT2D eigenvalue weighted by molar-refractivity contribution is 0.101. The third kappa shape index (κ3) is 3.73. The normalized spacial score (nSPS) is 10.7. The van der Waals surface area contributed by atoms with E-state index >= 15 is 0 Å². The summed E-state index contributed by atoms with van der Waals surface area (Å²) in [6, 6.07) is 17.8. The van der Waals surface area contributed by atoms with Crippen molar-refractivity contribution in [1.29, 1.82) is 0 Å². The third-order valence-corrected chi connectivity index (χ3v) is 3.72. The van der Waals surface area contributed by atoms with Crippen molar-refractivity contribution < 1.29 is 4.79 Å². The van der Waals surface area contributed by atoms with Gasteiger partial charge in [-0.15, -0.1) is 0 Å². The number of benzene rings is 2. The maximum absolute atomic E-state index is 11.4. The Balaban J connectivity index is 1.68. The largest absolute Gasteiger partial charge is 0.309 e. The van der Waals surface area contributed by atoms with Gasteiger partial charge in [-0.25, -0.2) is 4.68 Å². The number of carbonyl (C=O) groups excluding carboxylic acids is 1. The molecule has 3 rings (SSSR count). The highest BCUT2D eigenvalue weighted by Gasteiger charge is 2.04. The van der Waals surface area contributed by atoms with Gasteiger partial charge in [0.05, 0.1) is 5.69 Å². The summed E-state index contributed by atoms with van der Waals surface area (Å²) in [6.07, 6.45) is 3.71. The van der Waals surface area contributed by atoms with Crippen molar-refractivity contribution in [3.63, 3.8) is 0 Å². The number of para-hydroxylation sites is 1. The topological polar surface area (TPSA) is 46.9 Å². The predicted octanol–water partition coefficient (Wildman–Crippen LogP) is 3.36. The van der Waals surface area contributed by atoms with Gasteiger partial charge < -0.3 is 5.32 Å². The SMILES string of the molecule is CC(=O)c1cccc(CNCc2ccccc2-n2cccn2)c1. The van der Waals surface area contributed by atoms with E-state index < -0.39 is 0 Å². The molecule has 0 fully saturated rings. The van der Waals surface area contributed by atoms with Gasteiger partial charge in [-0.2, -0.15) is 5.10 Å². The van der Waals surface area contributed by atoms with E-state index in [0.717, 1.165) is 23.4 Å². The summed E-state index contributed by atoms with van der Waals surface area (Å²) in [4.78, 5) is 11.4. The van der Waals surface area contributed by atoms with Crippen LogP contribution in [0.25, 0.3) is 5.69 Å². The molecule has 1 heterocycles. The van der Waals surface area contributed by atoms with Gasteiger partial charge in [0.15, 0.2) is 5.78 Å². The fourth-order valence-corrected chi connectivity index (χ4v) is 2.54. The van der Waals surface area contributed by atoms with E-state index in [4.69, 9.17) is 0 Å². The second kappa shape index (κ2) is 7.03. The first-order valence-corrected chi connectivity index (χ1v) is 7.62. The Hall–Kier alpha value is -2.72. The van der Waals surface area contributed by atoms with Gasteiger partial charge in [0.25, 0.3) is 0 Å². The fourth-order valence-electron chi connectivity index (χ4n) is 2.54. The minimum Gasteiger partial charge on any atom is -0.309 e. The van der Waals surface area contributed by atoms with Crippen LogP contribution < -0.4 is 5.32 Å². The van der Waals surface area contributed by atoms with Crippen molar-refractivity contribution in [2.75, 3.05) is 0 Å². The number of ketones is 1. The van der Waals surface area contributed by atoms with Crippen LogP contribution in [-0.2, 0) is 13.1 Å². The summed E-state index contributed by atoms with van der Waals surface area (Å²) in [5.74, 6) is 0.0934. The Bertz CT molecular complexity index is 794. The van der Waals surface area contributed by atoms with Crippen LogP contribution in [0.1, 0.15) is 28.4 Å². The summed E-state index contributed by atoms with van der Waals surface area (Å²) in [7, 11) is 0. The maximum Gasteiger partial charge on any atom is 0.159 e. The molecule has 0 spiro atoms. The zero-order chi connectivity index (χ0) is 16.1. The third-order valence-electron chi connectivity index (χ3n) is 3.72. The van der Waals surface area contributed by atoms with E-state index in [1.165, 1.54) is 5.56 Å². The fraction of sp³-hybridized carbons (Fsp3) is 0.158. The first-order valence-electron chi connectivity index (χ1n) is 7.62. The minimum absolute atomic E-state index is 0.0934. The molecule has 0 aliphatic rings. The standard InChI is InChI=1S/C19H19N3O/c1-15(23)17-8-4-6-16(12-17)13-20-14-18-7-2-3-9-19(18)22-11-5-10-21-22/h2-12,20H,13-14H2,1H3. The minimum atomic E-state index is 0.0934. The van der Waals surface area contributed by atoms with Crippen LogP contribution in [0.3, 0.4) is 0 Å². The van der Waals surface area contributed by atoms with Gasteiger partial charge in [0, 0.05) is 31.0 Å². The Morgan fingerprint density at radius 3 is 2.74 bits per heavy atom. The first kappa shape index (κ1) is 15.2. The molecule has 3 aromatic rings. The van der Waals surface area contributed by atoms with Gasteiger partial charge in [0.2, 0.25) is 0 Å². The number of hydrogen-bond donors (Lipinski definition) is 1. The first-order chi connectivity index (χ1) is 11.2. The second-order valence-corrected chi connectivity index (χ2v) is 5.44. The molecule has 0 bridgehead atoms. The quantitative estimate of drug-likeness (QED) is 0.710. The number of Topliss-reactive ketones (excluding diaryl/α,β-unsaturated/α-hetero) is 1. The van der Waals surface area contributed by atoms with E-state index in [9.17, 15) is 4.79 Å². The zero-order valence-corrected chi connectivity index (χ0v) is 13.1. The molecule has 116 valence electrons. The van der Waals surface area contributed by atoms with Gasteiger partial charge in [0.1, 0.15) is 0 Å². The summed E-state index contributed by atoms with van der Waals surface area (Å²) >= 11 is 0. The van der Waals surface area contributed by atoms with Crippen LogP contribution in [0.4, 0.5) is 0 Å². The van der Waals surface area contributed by atoms with E-state index in [-0.39, 0.29) is 5.78 Å². The zero-order valence-electron chi connectivity index (χ0n) is 13.1. The average molecular weight is 305 g/mol. The van der Waals surface area contributed by atoms with Crippen molar-refractivity contribution in [3.8, 4) is 5.69 Å². The van der Waals surface area contributed by atoms with E-state index in [1.807, 2.05) is 53.3 Å². The van der Waals surface area contributed by atoms with Gasteiger partial charge in [-0.3, -0.25) is 4.79 Å². The highest BCUT2D eigenvalue weighted by Crippen LogP contribution is 2.13. The van der Waals surface area contributed by atoms with Crippen LogP contribution >= 0.6 is 0 Å². The monoisotopic (exact) mass is 305 g/mol. The number of nitrogens with one attached hydrogen (secondary N) is 1. The molecule has 4 nitrogen and oxygen atoms in total. The van der Waals surface area contributed by atoms with Crippen LogP contribution in [0.5, 0.6) is 0 Å². The molecule has 0 atom stereocenters. The summed E-state index contributed by atoms with van der Waals surface area (Å²) in [5, 5.41) is 7.73. The molecule has 23 heavy (non-hydrogen) atoms.